The number of anilines is 1. The number of nitrogens with zero attached hydrogens (tertiary/aromatic N) is 3. The average molecular weight is 472 g/mol. The van der Waals surface area contributed by atoms with Crippen LogP contribution in [-0.2, 0) is 6.54 Å². The molecule has 1 saturated heterocycles. The van der Waals surface area contributed by atoms with Crippen molar-refractivity contribution in [3.63, 3.8) is 0 Å². The molecule has 0 atom stereocenters. The predicted octanol–water partition coefficient (Wildman–Crippen LogP) is 3.27. The maximum Gasteiger partial charge on any atom is 0.194 e. The zero-order valence-electron chi connectivity index (χ0n) is 14.6. The molecule has 0 spiro atoms. The van der Waals surface area contributed by atoms with E-state index in [-0.39, 0.29) is 24.0 Å². The highest BCUT2D eigenvalue weighted by molar-refractivity contribution is 14.0. The number of guanidine groups is 1. The number of thiophene rings is 1. The third-order valence-corrected chi connectivity index (χ3v) is 5.11. The number of ether oxygens (including phenoxy) is 1. The van der Waals surface area contributed by atoms with Gasteiger partial charge in [0.05, 0.1) is 13.7 Å². The monoisotopic (exact) mass is 472 g/mol. The normalized spacial score (nSPS) is 14.9. The highest BCUT2D eigenvalue weighted by Gasteiger charge is 2.19. The van der Waals surface area contributed by atoms with Crippen LogP contribution >= 0.6 is 35.3 Å². The molecule has 0 amide bonds. The van der Waals surface area contributed by atoms with Gasteiger partial charge in [-0.25, -0.2) is 0 Å². The van der Waals surface area contributed by atoms with Crippen molar-refractivity contribution in [1.82, 2.24) is 10.2 Å². The third-order valence-electron chi connectivity index (χ3n) is 4.23. The molecule has 0 saturated carbocycles. The molecule has 2 aromatic rings. The fourth-order valence-electron chi connectivity index (χ4n) is 2.88. The fourth-order valence-corrected chi connectivity index (χ4v) is 3.53. The van der Waals surface area contributed by atoms with Crippen molar-refractivity contribution in [1.29, 1.82) is 0 Å². The molecular formula is C18H25IN4OS. The molecular weight excluding hydrogens is 447 g/mol. The largest absolute Gasteiger partial charge is 0.497 e. The Balaban J connectivity index is 0.00000225. The number of aliphatic imine (C=N–C) groups is 1. The summed E-state index contributed by atoms with van der Waals surface area (Å²) in [6, 6.07) is 12.5. The van der Waals surface area contributed by atoms with E-state index < -0.39 is 0 Å². The van der Waals surface area contributed by atoms with Crippen molar-refractivity contribution in [3.05, 3.63) is 46.7 Å². The Morgan fingerprint density at radius 3 is 2.44 bits per heavy atom. The number of piperazine rings is 1. The topological polar surface area (TPSA) is 40.1 Å². The van der Waals surface area contributed by atoms with Crippen molar-refractivity contribution in [2.75, 3.05) is 45.2 Å². The van der Waals surface area contributed by atoms with Crippen LogP contribution in [0, 0.1) is 0 Å². The van der Waals surface area contributed by atoms with E-state index in [0.29, 0.717) is 0 Å². The first-order valence-electron chi connectivity index (χ1n) is 8.17. The van der Waals surface area contributed by atoms with E-state index >= 15 is 0 Å². The van der Waals surface area contributed by atoms with Crippen molar-refractivity contribution in [3.8, 4) is 5.75 Å². The number of hydrogen-bond acceptors (Lipinski definition) is 4. The molecule has 1 aliphatic heterocycles. The lowest BCUT2D eigenvalue weighted by molar-refractivity contribution is 0.372. The second-order valence-electron chi connectivity index (χ2n) is 5.65. The van der Waals surface area contributed by atoms with E-state index in [1.165, 1.54) is 10.6 Å². The van der Waals surface area contributed by atoms with Gasteiger partial charge in [-0.15, -0.1) is 35.3 Å². The van der Waals surface area contributed by atoms with E-state index in [4.69, 9.17) is 4.74 Å². The third kappa shape index (κ3) is 5.24. The zero-order valence-corrected chi connectivity index (χ0v) is 17.8. The first-order valence-corrected chi connectivity index (χ1v) is 9.05. The Morgan fingerprint density at radius 2 is 1.88 bits per heavy atom. The first-order chi connectivity index (χ1) is 11.8. The van der Waals surface area contributed by atoms with E-state index in [0.717, 1.165) is 44.4 Å². The molecule has 1 fully saturated rings. The van der Waals surface area contributed by atoms with Gasteiger partial charge in [0.1, 0.15) is 5.75 Å². The maximum atomic E-state index is 5.23. The summed E-state index contributed by atoms with van der Waals surface area (Å²) in [5.41, 5.74) is 1.25. The van der Waals surface area contributed by atoms with Gasteiger partial charge in [-0.1, -0.05) is 6.07 Å². The number of rotatable bonds is 4. The van der Waals surface area contributed by atoms with Gasteiger partial charge in [0.2, 0.25) is 0 Å². The second-order valence-corrected chi connectivity index (χ2v) is 6.68. The maximum absolute atomic E-state index is 5.23. The molecule has 5 nitrogen and oxygen atoms in total. The van der Waals surface area contributed by atoms with Crippen LogP contribution in [-0.4, -0.2) is 51.2 Å². The molecule has 0 unspecified atom stereocenters. The van der Waals surface area contributed by atoms with Crippen molar-refractivity contribution < 1.29 is 4.74 Å². The van der Waals surface area contributed by atoms with Crippen molar-refractivity contribution in [2.24, 2.45) is 4.99 Å². The molecule has 3 rings (SSSR count). The highest BCUT2D eigenvalue weighted by atomic mass is 127. The second kappa shape index (κ2) is 9.86. The summed E-state index contributed by atoms with van der Waals surface area (Å²) in [6.45, 7) is 4.76. The molecule has 0 radical (unpaired) electrons. The van der Waals surface area contributed by atoms with Gasteiger partial charge >= 0.3 is 0 Å². The summed E-state index contributed by atoms with van der Waals surface area (Å²) in [5, 5.41) is 5.57. The number of benzene rings is 1. The Hall–Kier alpha value is -1.48. The fraction of sp³-hybridized carbons (Fsp3) is 0.389. The van der Waals surface area contributed by atoms with E-state index in [1.54, 1.807) is 18.4 Å². The van der Waals surface area contributed by atoms with Gasteiger partial charge in [0.25, 0.3) is 0 Å². The number of methoxy groups -OCH3 is 1. The summed E-state index contributed by atoms with van der Waals surface area (Å²) < 4.78 is 5.23. The average Bonchev–Trinajstić information content (AvgIpc) is 3.16. The van der Waals surface area contributed by atoms with E-state index in [2.05, 4.69) is 49.8 Å². The Kier molecular flexibility index (Phi) is 7.83. The van der Waals surface area contributed by atoms with Gasteiger partial charge in [-0.05, 0) is 35.7 Å². The highest BCUT2D eigenvalue weighted by Crippen LogP contribution is 2.20. The Labute approximate surface area is 170 Å². The van der Waals surface area contributed by atoms with Crippen LogP contribution in [0.3, 0.4) is 0 Å². The van der Waals surface area contributed by atoms with Crippen molar-refractivity contribution >= 4 is 47.0 Å². The van der Waals surface area contributed by atoms with Crippen LogP contribution in [0.15, 0.2) is 46.8 Å². The molecule has 136 valence electrons. The summed E-state index contributed by atoms with van der Waals surface area (Å²) in [5.74, 6) is 1.88. The Bertz CT molecular complexity index is 652. The van der Waals surface area contributed by atoms with E-state index in [9.17, 15) is 0 Å². The lowest BCUT2D eigenvalue weighted by Gasteiger charge is -2.37. The summed E-state index contributed by atoms with van der Waals surface area (Å²) >= 11 is 1.77. The minimum atomic E-state index is 0. The predicted molar refractivity (Wildman–Crippen MR) is 117 cm³/mol. The molecule has 1 aromatic carbocycles. The molecule has 1 aliphatic rings. The van der Waals surface area contributed by atoms with Crippen LogP contribution in [0.25, 0.3) is 0 Å². The quantitative estimate of drug-likeness (QED) is 0.422. The molecule has 1 N–H and O–H groups in total. The number of halogens is 1. The summed E-state index contributed by atoms with van der Waals surface area (Å²) in [7, 11) is 3.55. The minimum absolute atomic E-state index is 0. The van der Waals surface area contributed by atoms with Gasteiger partial charge in [-0.3, -0.25) is 4.99 Å². The smallest absolute Gasteiger partial charge is 0.194 e. The van der Waals surface area contributed by atoms with Crippen LogP contribution in [0.2, 0.25) is 0 Å². The number of nitrogens with one attached hydrogen (secondary N) is 1. The molecule has 0 aliphatic carbocycles. The van der Waals surface area contributed by atoms with Gasteiger partial charge in [-0.2, -0.15) is 0 Å². The van der Waals surface area contributed by atoms with Crippen molar-refractivity contribution in [2.45, 2.75) is 6.54 Å². The minimum Gasteiger partial charge on any atom is -0.497 e. The number of hydrogen-bond donors (Lipinski definition) is 1. The van der Waals surface area contributed by atoms with Gasteiger partial charge in [0.15, 0.2) is 5.96 Å². The zero-order chi connectivity index (χ0) is 16.8. The summed E-state index contributed by atoms with van der Waals surface area (Å²) in [4.78, 5) is 10.5. The van der Waals surface area contributed by atoms with Crippen LogP contribution < -0.4 is 15.0 Å². The van der Waals surface area contributed by atoms with Crippen LogP contribution in [0.5, 0.6) is 5.75 Å². The molecule has 0 bridgehead atoms. The lowest BCUT2D eigenvalue weighted by Crippen LogP contribution is -2.52. The summed E-state index contributed by atoms with van der Waals surface area (Å²) in [6.07, 6.45) is 0. The van der Waals surface area contributed by atoms with Gasteiger partial charge in [0, 0.05) is 43.8 Å². The Morgan fingerprint density at radius 1 is 1.16 bits per heavy atom. The SMILES string of the molecule is CN=C(NCc1cccs1)N1CCN(c2ccc(OC)cc2)CC1.I. The van der Waals surface area contributed by atoms with E-state index in [1.807, 2.05) is 19.2 Å². The lowest BCUT2D eigenvalue weighted by atomic mass is 10.2. The molecule has 25 heavy (non-hydrogen) atoms. The molecule has 7 heteroatoms. The molecule has 2 heterocycles. The standard InChI is InChI=1S/C18H24N4OS.HI/c1-19-18(20-14-17-4-3-13-24-17)22-11-9-21(10-12-22)15-5-7-16(23-2)8-6-15;/h3-8,13H,9-12,14H2,1-2H3,(H,19,20);1H. The molecule has 1 aromatic heterocycles. The first kappa shape index (κ1) is 19.8. The van der Waals surface area contributed by atoms with Gasteiger partial charge < -0.3 is 19.9 Å². The van der Waals surface area contributed by atoms with Crippen LogP contribution in [0.4, 0.5) is 5.69 Å². The van der Waals surface area contributed by atoms with Crippen LogP contribution in [0.1, 0.15) is 4.88 Å².